The van der Waals surface area contributed by atoms with E-state index in [0.29, 0.717) is 15.6 Å². The monoisotopic (exact) mass is 373 g/mol. The molecule has 0 fully saturated rings. The van der Waals surface area contributed by atoms with Crippen molar-refractivity contribution >= 4 is 39.1 Å². The van der Waals surface area contributed by atoms with Crippen molar-refractivity contribution in [3.05, 3.63) is 68.1 Å². The Morgan fingerprint density at radius 1 is 1.05 bits per heavy atom. The number of nitrogens with two attached hydrogens (primary N) is 1. The maximum atomic E-state index is 10.6. The highest BCUT2D eigenvalue weighted by Crippen LogP contribution is 2.38. The van der Waals surface area contributed by atoms with E-state index in [2.05, 4.69) is 15.9 Å². The van der Waals surface area contributed by atoms with E-state index >= 15 is 0 Å². The summed E-state index contributed by atoms with van der Waals surface area (Å²) in [5.74, 6) is -0.310. The number of rotatable bonds is 4. The van der Waals surface area contributed by atoms with Gasteiger partial charge in [0.2, 0.25) is 0 Å². The van der Waals surface area contributed by atoms with Gasteiger partial charge in [0, 0.05) is 27.5 Å². The van der Waals surface area contributed by atoms with Crippen LogP contribution in [0.5, 0.6) is 0 Å². The smallest absolute Gasteiger partial charge is 0.0885 e. The molecule has 0 spiro atoms. The summed E-state index contributed by atoms with van der Waals surface area (Å²) in [4.78, 5) is 0. The van der Waals surface area contributed by atoms with E-state index in [1.807, 2.05) is 30.3 Å². The highest BCUT2D eigenvalue weighted by atomic mass is 79.9. The van der Waals surface area contributed by atoms with Gasteiger partial charge in [-0.3, -0.25) is 0 Å². The van der Waals surface area contributed by atoms with Gasteiger partial charge in [-0.2, -0.15) is 0 Å². The first kappa shape index (κ1) is 15.8. The van der Waals surface area contributed by atoms with Crippen LogP contribution >= 0.6 is 39.1 Å². The highest BCUT2D eigenvalue weighted by Gasteiger charge is 2.25. The lowest BCUT2D eigenvalue weighted by molar-refractivity contribution is 0.147. The summed E-state index contributed by atoms with van der Waals surface area (Å²) in [7, 11) is 0. The van der Waals surface area contributed by atoms with Crippen LogP contribution in [0.15, 0.2) is 46.9 Å². The molecule has 0 saturated heterocycles. The lowest BCUT2D eigenvalue weighted by Crippen LogP contribution is -2.20. The third-order valence-electron chi connectivity index (χ3n) is 3.24. The van der Waals surface area contributed by atoms with Crippen LogP contribution in [0.3, 0.4) is 0 Å². The van der Waals surface area contributed by atoms with Gasteiger partial charge in [-0.1, -0.05) is 53.5 Å². The van der Waals surface area contributed by atoms with Crippen LogP contribution in [0.2, 0.25) is 10.0 Å². The van der Waals surface area contributed by atoms with Gasteiger partial charge in [0.15, 0.2) is 0 Å². The fraction of sp³-hybridized carbons (Fsp3) is 0.200. The zero-order chi connectivity index (χ0) is 14.7. The van der Waals surface area contributed by atoms with Crippen LogP contribution in [0, 0.1) is 0 Å². The second-order valence-corrected chi connectivity index (χ2v) is 6.09. The molecule has 0 bridgehead atoms. The Morgan fingerprint density at radius 3 is 2.35 bits per heavy atom. The standard InChI is InChI=1S/C15H14BrCl2NO/c16-12-6-3-5-10(14(12)18)15(20)11(8-19)9-4-1-2-7-13(9)17/h1-7,11,15,20H,8,19H2. The Morgan fingerprint density at radius 2 is 1.70 bits per heavy atom. The first-order valence-electron chi connectivity index (χ1n) is 6.12. The minimum Gasteiger partial charge on any atom is -0.388 e. The first-order chi connectivity index (χ1) is 9.56. The van der Waals surface area contributed by atoms with Gasteiger partial charge in [0.1, 0.15) is 0 Å². The topological polar surface area (TPSA) is 46.2 Å². The summed E-state index contributed by atoms with van der Waals surface area (Å²) >= 11 is 15.8. The van der Waals surface area contributed by atoms with Crippen molar-refractivity contribution in [2.24, 2.45) is 5.73 Å². The molecule has 2 atom stereocenters. The summed E-state index contributed by atoms with van der Waals surface area (Å²) in [6, 6.07) is 12.8. The molecule has 0 aliphatic carbocycles. The van der Waals surface area contributed by atoms with E-state index in [1.165, 1.54) is 0 Å². The molecule has 0 aliphatic heterocycles. The highest BCUT2D eigenvalue weighted by molar-refractivity contribution is 9.10. The lowest BCUT2D eigenvalue weighted by atomic mass is 9.89. The molecule has 20 heavy (non-hydrogen) atoms. The lowest BCUT2D eigenvalue weighted by Gasteiger charge is -2.24. The molecule has 3 N–H and O–H groups in total. The van der Waals surface area contributed by atoms with Crippen LogP contribution in [0.25, 0.3) is 0 Å². The molecule has 0 aliphatic rings. The van der Waals surface area contributed by atoms with Crippen LogP contribution in [-0.4, -0.2) is 11.7 Å². The number of aliphatic hydroxyl groups excluding tert-OH is 1. The van der Waals surface area contributed by atoms with Gasteiger partial charge in [-0.05, 0) is 33.6 Å². The normalized spacial score (nSPS) is 14.1. The molecular weight excluding hydrogens is 361 g/mol. The predicted molar refractivity (Wildman–Crippen MR) is 87.4 cm³/mol. The Hall–Kier alpha value is -0.580. The number of hydrogen-bond donors (Lipinski definition) is 2. The molecule has 2 aromatic carbocycles. The Labute approximate surface area is 136 Å². The van der Waals surface area contributed by atoms with Crippen molar-refractivity contribution in [2.45, 2.75) is 12.0 Å². The molecular formula is C15H14BrCl2NO. The van der Waals surface area contributed by atoms with Gasteiger partial charge in [-0.25, -0.2) is 0 Å². The molecule has 2 aromatic rings. The van der Waals surface area contributed by atoms with Crippen LogP contribution in [-0.2, 0) is 0 Å². The van der Waals surface area contributed by atoms with Gasteiger partial charge in [0.25, 0.3) is 0 Å². The molecule has 0 heterocycles. The zero-order valence-corrected chi connectivity index (χ0v) is 13.7. The van der Waals surface area contributed by atoms with E-state index in [9.17, 15) is 5.11 Å². The van der Waals surface area contributed by atoms with E-state index < -0.39 is 6.10 Å². The molecule has 106 valence electrons. The van der Waals surface area contributed by atoms with E-state index in [1.54, 1.807) is 12.1 Å². The maximum Gasteiger partial charge on any atom is 0.0885 e. The Balaban J connectivity index is 2.42. The summed E-state index contributed by atoms with van der Waals surface area (Å²) in [6.45, 7) is 0.272. The quantitative estimate of drug-likeness (QED) is 0.825. The van der Waals surface area contributed by atoms with Crippen LogP contribution in [0.1, 0.15) is 23.1 Å². The number of halogens is 3. The van der Waals surface area contributed by atoms with Crippen molar-refractivity contribution in [1.29, 1.82) is 0 Å². The largest absolute Gasteiger partial charge is 0.388 e. The van der Waals surface area contributed by atoms with Crippen molar-refractivity contribution in [3.8, 4) is 0 Å². The summed E-state index contributed by atoms with van der Waals surface area (Å²) in [5.41, 5.74) is 7.28. The second-order valence-electron chi connectivity index (χ2n) is 4.45. The van der Waals surface area contributed by atoms with Gasteiger partial charge < -0.3 is 10.8 Å². The molecule has 0 aromatic heterocycles. The summed E-state index contributed by atoms with van der Waals surface area (Å²) < 4.78 is 0.741. The average Bonchev–Trinajstić information content (AvgIpc) is 2.44. The van der Waals surface area contributed by atoms with Gasteiger partial charge in [-0.15, -0.1) is 0 Å². The average molecular weight is 375 g/mol. The van der Waals surface area contributed by atoms with Crippen molar-refractivity contribution in [3.63, 3.8) is 0 Å². The minimum absolute atomic E-state index is 0.272. The fourth-order valence-electron chi connectivity index (χ4n) is 2.17. The number of aliphatic hydroxyl groups is 1. The molecule has 0 amide bonds. The Kier molecular flexibility index (Phi) is 5.47. The van der Waals surface area contributed by atoms with Gasteiger partial charge >= 0.3 is 0 Å². The van der Waals surface area contributed by atoms with Gasteiger partial charge in [0.05, 0.1) is 11.1 Å². The molecule has 0 radical (unpaired) electrons. The number of benzene rings is 2. The molecule has 2 nitrogen and oxygen atoms in total. The molecule has 2 unspecified atom stereocenters. The zero-order valence-electron chi connectivity index (χ0n) is 10.6. The van der Waals surface area contributed by atoms with E-state index in [0.717, 1.165) is 10.0 Å². The van der Waals surface area contributed by atoms with Crippen molar-refractivity contribution in [2.75, 3.05) is 6.54 Å². The summed E-state index contributed by atoms with van der Waals surface area (Å²) in [6.07, 6.45) is -0.815. The first-order valence-corrected chi connectivity index (χ1v) is 7.67. The maximum absolute atomic E-state index is 10.6. The summed E-state index contributed by atoms with van der Waals surface area (Å²) in [5, 5.41) is 11.7. The van der Waals surface area contributed by atoms with E-state index in [4.69, 9.17) is 28.9 Å². The van der Waals surface area contributed by atoms with Crippen molar-refractivity contribution in [1.82, 2.24) is 0 Å². The third-order valence-corrected chi connectivity index (χ3v) is 4.89. The van der Waals surface area contributed by atoms with Crippen LogP contribution < -0.4 is 5.73 Å². The minimum atomic E-state index is -0.815. The van der Waals surface area contributed by atoms with E-state index in [-0.39, 0.29) is 12.5 Å². The second kappa shape index (κ2) is 6.92. The predicted octanol–water partition coefficient (Wildman–Crippen LogP) is 4.53. The number of hydrogen-bond acceptors (Lipinski definition) is 2. The van der Waals surface area contributed by atoms with Crippen molar-refractivity contribution < 1.29 is 5.11 Å². The SMILES string of the molecule is NCC(c1ccccc1Cl)C(O)c1cccc(Br)c1Cl. The Bertz CT molecular complexity index is 606. The fourth-order valence-corrected chi connectivity index (χ4v) is 3.06. The molecule has 0 saturated carbocycles. The van der Waals surface area contributed by atoms with Crippen LogP contribution in [0.4, 0.5) is 0 Å². The molecule has 2 rings (SSSR count). The molecule has 5 heteroatoms. The third kappa shape index (κ3) is 3.18.